The Kier molecular flexibility index (Phi) is 8.27. The zero-order valence-corrected chi connectivity index (χ0v) is 22.5. The van der Waals surface area contributed by atoms with E-state index in [1.54, 1.807) is 36.7 Å². The molecule has 12 heteroatoms. The van der Waals surface area contributed by atoms with E-state index in [1.807, 2.05) is 0 Å². The minimum atomic E-state index is -0.447. The molecule has 1 N–H and O–H groups in total. The quantitative estimate of drug-likeness (QED) is 0.429. The lowest BCUT2D eigenvalue weighted by Crippen LogP contribution is -2.18. The zero-order chi connectivity index (χ0) is 25.8. The van der Waals surface area contributed by atoms with Crippen LogP contribution in [0.3, 0.4) is 0 Å². The normalized spacial score (nSPS) is 13.0. The molecule has 2 amide bonds. The minimum absolute atomic E-state index is 0.0283. The zero-order valence-electron chi connectivity index (χ0n) is 20.0. The second-order valence-electron chi connectivity index (χ2n) is 7.95. The lowest BCUT2D eigenvalue weighted by Gasteiger charge is -2.06. The molecule has 190 valence electrons. The van der Waals surface area contributed by atoms with Crippen LogP contribution in [0.4, 0.5) is 5.00 Å². The number of methoxy groups -OCH3 is 1. The number of hydrogen-bond acceptors (Lipinski definition) is 9. The van der Waals surface area contributed by atoms with Crippen LogP contribution in [-0.2, 0) is 39.0 Å². The van der Waals surface area contributed by atoms with Crippen molar-refractivity contribution >= 4 is 73.4 Å². The summed E-state index contributed by atoms with van der Waals surface area (Å²) in [5.41, 5.74) is 2.70. The second kappa shape index (κ2) is 11.4. The van der Waals surface area contributed by atoms with Crippen molar-refractivity contribution in [2.24, 2.45) is 12.0 Å². The van der Waals surface area contributed by atoms with Crippen LogP contribution in [-0.4, -0.2) is 53.5 Å². The number of thioether (sulfide) groups is 1. The molecule has 9 nitrogen and oxygen atoms in total. The first-order valence-corrected chi connectivity index (χ1v) is 14.1. The van der Waals surface area contributed by atoms with Gasteiger partial charge in [0.15, 0.2) is 4.80 Å². The largest absolute Gasteiger partial charge is 0.465 e. The number of thiazole rings is 1. The highest BCUT2D eigenvalue weighted by molar-refractivity contribution is 8.00. The third-order valence-corrected chi connectivity index (χ3v) is 8.78. The molecule has 1 aliphatic rings. The summed E-state index contributed by atoms with van der Waals surface area (Å²) in [4.78, 5) is 55.0. The number of nitrogens with one attached hydrogen (secondary N) is 1. The fourth-order valence-corrected chi connectivity index (χ4v) is 6.89. The van der Waals surface area contributed by atoms with Gasteiger partial charge in [-0.1, -0.05) is 11.3 Å². The highest BCUT2D eigenvalue weighted by atomic mass is 32.2. The molecule has 0 saturated heterocycles. The number of aryl methyl sites for hydroxylation is 2. The third-order valence-electron chi connectivity index (χ3n) is 5.56. The number of carbonyl (C=O) groups is 4. The average molecular weight is 548 g/mol. The summed E-state index contributed by atoms with van der Waals surface area (Å²) < 4.78 is 12.5. The van der Waals surface area contributed by atoms with E-state index in [4.69, 9.17) is 9.47 Å². The predicted molar refractivity (Wildman–Crippen MR) is 141 cm³/mol. The van der Waals surface area contributed by atoms with Crippen LogP contribution < -0.4 is 10.1 Å². The molecule has 0 fully saturated rings. The lowest BCUT2D eigenvalue weighted by atomic mass is 10.1. The first kappa shape index (κ1) is 26.1. The van der Waals surface area contributed by atoms with Crippen LogP contribution in [0.1, 0.15) is 44.5 Å². The summed E-state index contributed by atoms with van der Waals surface area (Å²) in [7, 11) is 3.13. The number of fused-ring (bicyclic) bond motifs is 2. The maximum absolute atomic E-state index is 12.5. The fraction of sp³-hybridized carbons (Fsp3) is 0.375. The van der Waals surface area contributed by atoms with Crippen LogP contribution in [0, 0.1) is 0 Å². The molecule has 0 radical (unpaired) electrons. The first-order valence-electron chi connectivity index (χ1n) is 11.3. The second-order valence-corrected chi connectivity index (χ2v) is 11.0. The standard InChI is InChI=1S/C24H25N3O6S3/c1-4-33-22(30)13-8-9-15-17(10-13)36-24(27(15)2)26-19(29)12-34-11-18(28)25-21-20(23(31)32-3)14-6-5-7-16(14)35-21/h8-10H,4-7,11-12H2,1-3H3,(H,25,28). The third kappa shape index (κ3) is 5.55. The summed E-state index contributed by atoms with van der Waals surface area (Å²) in [6, 6.07) is 5.20. The van der Waals surface area contributed by atoms with Gasteiger partial charge in [-0.25, -0.2) is 9.59 Å². The van der Waals surface area contributed by atoms with Crippen molar-refractivity contribution in [1.29, 1.82) is 0 Å². The van der Waals surface area contributed by atoms with Gasteiger partial charge in [-0.2, -0.15) is 4.99 Å². The molecular weight excluding hydrogens is 522 g/mol. The number of thiophene rings is 1. The number of nitrogens with zero attached hydrogens (tertiary/aromatic N) is 2. The van der Waals surface area contributed by atoms with Gasteiger partial charge in [0.05, 0.1) is 46.6 Å². The molecule has 2 heterocycles. The number of amides is 2. The van der Waals surface area contributed by atoms with E-state index in [0.717, 1.165) is 51.7 Å². The van der Waals surface area contributed by atoms with Gasteiger partial charge in [-0.15, -0.1) is 23.1 Å². The number of benzene rings is 1. The Morgan fingerprint density at radius 3 is 2.69 bits per heavy atom. The number of carbonyl (C=O) groups excluding carboxylic acids is 4. The van der Waals surface area contributed by atoms with E-state index in [1.165, 1.54) is 29.8 Å². The smallest absolute Gasteiger partial charge is 0.341 e. The molecule has 2 aromatic heterocycles. The topological polar surface area (TPSA) is 116 Å². The Labute approximate surface area is 219 Å². The van der Waals surface area contributed by atoms with Gasteiger partial charge in [-0.05, 0) is 49.9 Å². The van der Waals surface area contributed by atoms with Gasteiger partial charge < -0.3 is 19.4 Å². The van der Waals surface area contributed by atoms with Gasteiger partial charge in [0.2, 0.25) is 5.91 Å². The van der Waals surface area contributed by atoms with E-state index in [9.17, 15) is 19.2 Å². The molecule has 1 aromatic carbocycles. The van der Waals surface area contributed by atoms with Crippen molar-refractivity contribution in [3.05, 3.63) is 44.6 Å². The van der Waals surface area contributed by atoms with Crippen molar-refractivity contribution in [3.8, 4) is 0 Å². The lowest BCUT2D eigenvalue weighted by molar-refractivity contribution is -0.115. The Hall–Kier alpha value is -2.96. The van der Waals surface area contributed by atoms with E-state index in [-0.39, 0.29) is 23.3 Å². The monoisotopic (exact) mass is 547 g/mol. The van der Waals surface area contributed by atoms with E-state index in [0.29, 0.717) is 27.5 Å². The van der Waals surface area contributed by atoms with Crippen LogP contribution in [0.15, 0.2) is 23.2 Å². The summed E-state index contributed by atoms with van der Waals surface area (Å²) in [6.45, 7) is 2.04. The van der Waals surface area contributed by atoms with Crippen molar-refractivity contribution in [2.45, 2.75) is 26.2 Å². The van der Waals surface area contributed by atoms with E-state index < -0.39 is 11.9 Å². The number of ether oxygens (including phenoxy) is 2. The Balaban J connectivity index is 1.37. The molecule has 3 aromatic rings. The molecule has 0 saturated carbocycles. The van der Waals surface area contributed by atoms with Crippen molar-refractivity contribution in [1.82, 2.24) is 4.57 Å². The highest BCUT2D eigenvalue weighted by Gasteiger charge is 2.28. The summed E-state index contributed by atoms with van der Waals surface area (Å²) in [5.74, 6) is -1.43. The van der Waals surface area contributed by atoms with Gasteiger partial charge in [0.25, 0.3) is 5.91 Å². The van der Waals surface area contributed by atoms with Gasteiger partial charge >= 0.3 is 11.9 Å². The highest BCUT2D eigenvalue weighted by Crippen LogP contribution is 2.39. The Morgan fingerprint density at radius 2 is 1.94 bits per heavy atom. The number of esters is 2. The maximum atomic E-state index is 12.5. The summed E-state index contributed by atoms with van der Waals surface area (Å²) in [6.07, 6.45) is 2.69. The van der Waals surface area contributed by atoms with Gasteiger partial charge in [0, 0.05) is 11.9 Å². The Bertz CT molecular complexity index is 1420. The van der Waals surface area contributed by atoms with Crippen LogP contribution in [0.2, 0.25) is 0 Å². The number of anilines is 1. The van der Waals surface area contributed by atoms with Crippen LogP contribution in [0.25, 0.3) is 10.2 Å². The van der Waals surface area contributed by atoms with Gasteiger partial charge in [-0.3, -0.25) is 9.59 Å². The molecule has 0 spiro atoms. The number of hydrogen-bond donors (Lipinski definition) is 1. The Morgan fingerprint density at radius 1 is 1.14 bits per heavy atom. The number of aromatic nitrogens is 1. The van der Waals surface area contributed by atoms with Crippen LogP contribution in [0.5, 0.6) is 0 Å². The average Bonchev–Trinajstić information content (AvgIpc) is 3.52. The fourth-order valence-electron chi connectivity index (χ4n) is 3.93. The summed E-state index contributed by atoms with van der Waals surface area (Å²) in [5, 5.41) is 3.31. The first-order chi connectivity index (χ1) is 17.3. The molecule has 0 aliphatic heterocycles. The summed E-state index contributed by atoms with van der Waals surface area (Å²) >= 11 is 3.86. The molecule has 1 aliphatic carbocycles. The molecular formula is C24H25N3O6S3. The molecule has 0 unspecified atom stereocenters. The molecule has 0 bridgehead atoms. The van der Waals surface area contributed by atoms with E-state index >= 15 is 0 Å². The van der Waals surface area contributed by atoms with Gasteiger partial charge in [0.1, 0.15) is 5.00 Å². The van der Waals surface area contributed by atoms with Crippen LogP contribution >= 0.6 is 34.4 Å². The van der Waals surface area contributed by atoms with E-state index in [2.05, 4.69) is 10.3 Å². The maximum Gasteiger partial charge on any atom is 0.341 e. The number of rotatable bonds is 8. The minimum Gasteiger partial charge on any atom is -0.465 e. The SMILES string of the molecule is CCOC(=O)c1ccc2c(c1)sc(=NC(=O)CSCC(=O)Nc1sc3c(c1C(=O)OC)CCC3)n2C. The molecule has 0 atom stereocenters. The van der Waals surface area contributed by atoms with Crippen molar-refractivity contribution < 1.29 is 28.7 Å². The predicted octanol–water partition coefficient (Wildman–Crippen LogP) is 3.55. The molecule has 36 heavy (non-hydrogen) atoms. The molecule has 4 rings (SSSR count). The van der Waals surface area contributed by atoms with Crippen molar-refractivity contribution in [2.75, 3.05) is 30.5 Å². The van der Waals surface area contributed by atoms with Crippen molar-refractivity contribution in [3.63, 3.8) is 0 Å².